The highest BCUT2D eigenvalue weighted by Crippen LogP contribution is 2.36. The summed E-state index contributed by atoms with van der Waals surface area (Å²) in [5.41, 5.74) is 5.29. The Morgan fingerprint density at radius 1 is 0.964 bits per heavy atom. The van der Waals surface area contributed by atoms with Gasteiger partial charge in [-0.15, -0.1) is 0 Å². The van der Waals surface area contributed by atoms with Crippen molar-refractivity contribution in [3.8, 4) is 5.75 Å². The van der Waals surface area contributed by atoms with E-state index in [1.54, 1.807) is 7.11 Å². The van der Waals surface area contributed by atoms with E-state index in [0.29, 0.717) is 17.0 Å². The minimum atomic E-state index is -0.158. The predicted octanol–water partition coefficient (Wildman–Crippen LogP) is 5.26. The van der Waals surface area contributed by atoms with E-state index in [1.165, 1.54) is 0 Å². The van der Waals surface area contributed by atoms with Gasteiger partial charge in [-0.1, -0.05) is 30.3 Å². The molecule has 0 saturated heterocycles. The Balaban J connectivity index is 1.57. The van der Waals surface area contributed by atoms with Crippen molar-refractivity contribution in [3.05, 3.63) is 65.7 Å². The molecule has 0 fully saturated rings. The number of methoxy groups -OCH3 is 1. The fourth-order valence-corrected chi connectivity index (χ4v) is 3.31. The minimum absolute atomic E-state index is 0.158. The van der Waals surface area contributed by atoms with Crippen molar-refractivity contribution in [1.29, 1.82) is 0 Å². The van der Waals surface area contributed by atoms with Gasteiger partial charge in [0.2, 0.25) is 5.91 Å². The summed E-state index contributed by atoms with van der Waals surface area (Å²) in [7, 11) is 1.59. The van der Waals surface area contributed by atoms with Crippen LogP contribution in [0.5, 0.6) is 5.75 Å². The molecule has 0 spiro atoms. The lowest BCUT2D eigenvalue weighted by Gasteiger charge is -2.13. The summed E-state index contributed by atoms with van der Waals surface area (Å²) >= 11 is 0. The first-order valence-corrected chi connectivity index (χ1v) is 9.15. The molecule has 28 heavy (non-hydrogen) atoms. The number of ether oxygens (including phenoxy) is 1. The van der Waals surface area contributed by atoms with Crippen molar-refractivity contribution in [2.45, 2.75) is 13.8 Å². The van der Waals surface area contributed by atoms with Gasteiger partial charge in [0.1, 0.15) is 16.9 Å². The quantitative estimate of drug-likeness (QED) is 0.500. The molecule has 0 saturated carbocycles. The Morgan fingerprint density at radius 3 is 2.61 bits per heavy atom. The van der Waals surface area contributed by atoms with Crippen molar-refractivity contribution in [2.75, 3.05) is 24.3 Å². The number of aryl methyl sites for hydroxylation is 2. The van der Waals surface area contributed by atoms with Crippen molar-refractivity contribution in [1.82, 2.24) is 0 Å². The molecular weight excluding hydrogens is 352 g/mol. The zero-order chi connectivity index (χ0) is 19.7. The number of fused-ring (bicyclic) bond motifs is 3. The van der Waals surface area contributed by atoms with Crippen LogP contribution in [0.3, 0.4) is 0 Å². The molecule has 0 bridgehead atoms. The van der Waals surface area contributed by atoms with E-state index in [9.17, 15) is 4.79 Å². The van der Waals surface area contributed by atoms with Crippen LogP contribution in [0.1, 0.15) is 11.1 Å². The van der Waals surface area contributed by atoms with Crippen LogP contribution in [-0.2, 0) is 4.79 Å². The van der Waals surface area contributed by atoms with E-state index >= 15 is 0 Å². The highest BCUT2D eigenvalue weighted by atomic mass is 16.5. The molecule has 3 aromatic carbocycles. The van der Waals surface area contributed by atoms with Gasteiger partial charge >= 0.3 is 0 Å². The van der Waals surface area contributed by atoms with Crippen molar-refractivity contribution in [3.63, 3.8) is 0 Å². The number of rotatable bonds is 5. The van der Waals surface area contributed by atoms with Crippen LogP contribution in [0.2, 0.25) is 0 Å². The Hall–Kier alpha value is -3.47. The average Bonchev–Trinajstić information content (AvgIpc) is 3.05. The zero-order valence-electron chi connectivity index (χ0n) is 16.1. The lowest BCUT2D eigenvalue weighted by Crippen LogP contribution is -2.22. The molecule has 1 heterocycles. The van der Waals surface area contributed by atoms with E-state index in [2.05, 4.69) is 10.6 Å². The molecule has 0 aliphatic heterocycles. The largest absolute Gasteiger partial charge is 0.495 e. The van der Waals surface area contributed by atoms with Gasteiger partial charge in [0, 0.05) is 22.5 Å². The molecule has 142 valence electrons. The molecule has 5 nitrogen and oxygen atoms in total. The lowest BCUT2D eigenvalue weighted by molar-refractivity contribution is -0.114. The smallest absolute Gasteiger partial charge is 0.243 e. The van der Waals surface area contributed by atoms with Gasteiger partial charge in [-0.3, -0.25) is 4.79 Å². The van der Waals surface area contributed by atoms with Gasteiger partial charge < -0.3 is 19.8 Å². The predicted molar refractivity (Wildman–Crippen MR) is 113 cm³/mol. The number of hydrogen-bond acceptors (Lipinski definition) is 4. The Bertz CT molecular complexity index is 1180. The van der Waals surface area contributed by atoms with Crippen molar-refractivity contribution >= 4 is 39.2 Å². The minimum Gasteiger partial charge on any atom is -0.495 e. The topological polar surface area (TPSA) is 63.5 Å². The van der Waals surface area contributed by atoms with Crippen LogP contribution in [0.15, 0.2) is 59.0 Å². The Labute approximate surface area is 163 Å². The SMILES string of the molecule is COc1cc2c(cc1NC(=O)CNc1cc(C)ccc1C)oc1ccccc12. The summed E-state index contributed by atoms with van der Waals surface area (Å²) in [5.74, 6) is 0.439. The summed E-state index contributed by atoms with van der Waals surface area (Å²) < 4.78 is 11.4. The molecule has 0 unspecified atom stereocenters. The lowest BCUT2D eigenvalue weighted by atomic mass is 10.1. The van der Waals surface area contributed by atoms with E-state index in [0.717, 1.165) is 33.2 Å². The highest BCUT2D eigenvalue weighted by Gasteiger charge is 2.14. The number of anilines is 2. The second kappa shape index (κ2) is 7.27. The monoisotopic (exact) mass is 374 g/mol. The van der Waals surface area contributed by atoms with E-state index in [1.807, 2.05) is 68.4 Å². The second-order valence-electron chi connectivity index (χ2n) is 6.87. The fourth-order valence-electron chi connectivity index (χ4n) is 3.31. The van der Waals surface area contributed by atoms with Gasteiger partial charge in [0.15, 0.2) is 0 Å². The van der Waals surface area contributed by atoms with E-state index in [4.69, 9.17) is 9.15 Å². The third-order valence-electron chi connectivity index (χ3n) is 4.81. The number of hydrogen-bond donors (Lipinski definition) is 2. The molecule has 0 radical (unpaired) electrons. The molecular formula is C23H22N2O3. The van der Waals surface area contributed by atoms with Crippen molar-refractivity contribution in [2.24, 2.45) is 0 Å². The molecule has 4 aromatic rings. The zero-order valence-corrected chi connectivity index (χ0v) is 16.1. The second-order valence-corrected chi connectivity index (χ2v) is 6.87. The van der Waals surface area contributed by atoms with Gasteiger partial charge in [-0.05, 0) is 43.2 Å². The van der Waals surface area contributed by atoms with Crippen LogP contribution in [-0.4, -0.2) is 19.6 Å². The van der Waals surface area contributed by atoms with Gasteiger partial charge in [-0.2, -0.15) is 0 Å². The number of amides is 1. The molecule has 0 aliphatic carbocycles. The normalized spacial score (nSPS) is 11.0. The summed E-state index contributed by atoms with van der Waals surface area (Å²) in [6, 6.07) is 17.7. The maximum absolute atomic E-state index is 12.5. The first-order valence-electron chi connectivity index (χ1n) is 9.15. The number of benzene rings is 3. The Morgan fingerprint density at radius 2 is 1.79 bits per heavy atom. The van der Waals surface area contributed by atoms with Gasteiger partial charge in [0.05, 0.1) is 19.3 Å². The van der Waals surface area contributed by atoms with Crippen molar-refractivity contribution < 1.29 is 13.9 Å². The van der Waals surface area contributed by atoms with Crippen LogP contribution < -0.4 is 15.4 Å². The number of carbonyl (C=O) groups is 1. The standard InChI is InChI=1S/C23H22N2O3/c1-14-8-9-15(2)18(10-14)24-13-23(26)25-19-12-21-17(11-22(19)27-3)16-6-4-5-7-20(16)28-21/h4-12,24H,13H2,1-3H3,(H,25,26). The maximum Gasteiger partial charge on any atom is 0.243 e. The van der Waals surface area contributed by atoms with Gasteiger partial charge in [-0.25, -0.2) is 0 Å². The maximum atomic E-state index is 12.5. The summed E-state index contributed by atoms with van der Waals surface area (Å²) in [5, 5.41) is 8.09. The molecule has 5 heteroatoms. The first-order chi connectivity index (χ1) is 13.5. The Kier molecular flexibility index (Phi) is 4.65. The average molecular weight is 374 g/mol. The molecule has 2 N–H and O–H groups in total. The summed E-state index contributed by atoms with van der Waals surface area (Å²) in [6.07, 6.45) is 0. The molecule has 0 aliphatic rings. The van der Waals surface area contributed by atoms with Crippen LogP contribution in [0, 0.1) is 13.8 Å². The summed E-state index contributed by atoms with van der Waals surface area (Å²) in [4.78, 5) is 12.5. The molecule has 1 aromatic heterocycles. The summed E-state index contributed by atoms with van der Waals surface area (Å²) in [6.45, 7) is 4.20. The van der Waals surface area contributed by atoms with Crippen LogP contribution in [0.4, 0.5) is 11.4 Å². The third-order valence-corrected chi connectivity index (χ3v) is 4.81. The number of nitrogens with one attached hydrogen (secondary N) is 2. The van der Waals surface area contributed by atoms with Crippen LogP contribution >= 0.6 is 0 Å². The molecule has 1 amide bonds. The number of furan rings is 1. The molecule has 0 atom stereocenters. The highest BCUT2D eigenvalue weighted by molar-refractivity contribution is 6.08. The third kappa shape index (κ3) is 3.39. The van der Waals surface area contributed by atoms with Gasteiger partial charge in [0.25, 0.3) is 0 Å². The molecule has 4 rings (SSSR count). The fraction of sp³-hybridized carbons (Fsp3) is 0.174. The van der Waals surface area contributed by atoms with Crippen LogP contribution in [0.25, 0.3) is 21.9 Å². The van der Waals surface area contributed by atoms with E-state index < -0.39 is 0 Å². The van der Waals surface area contributed by atoms with E-state index in [-0.39, 0.29) is 12.5 Å². The number of carbonyl (C=O) groups excluding carboxylic acids is 1. The first kappa shape index (κ1) is 17.9. The number of para-hydroxylation sites is 1.